The fourth-order valence-electron chi connectivity index (χ4n) is 1.52. The minimum atomic E-state index is -0.775. The van der Waals surface area contributed by atoms with Crippen LogP contribution < -0.4 is 10.7 Å². The Morgan fingerprint density at radius 1 is 1.19 bits per heavy atom. The molecule has 0 fully saturated rings. The fourth-order valence-corrected chi connectivity index (χ4v) is 1.92. The summed E-state index contributed by atoms with van der Waals surface area (Å²) in [5, 5.41) is 27.6. The zero-order valence-corrected chi connectivity index (χ0v) is 11.3. The van der Waals surface area contributed by atoms with Crippen LogP contribution in [0.1, 0.15) is 0 Å². The highest BCUT2D eigenvalue weighted by molar-refractivity contribution is 6.44. The molecule has 0 aliphatic carbocycles. The third-order valence-electron chi connectivity index (χ3n) is 2.29. The van der Waals surface area contributed by atoms with Gasteiger partial charge in [0.15, 0.2) is 5.36 Å². The molecular weight excluding hydrogens is 321 g/mol. The summed E-state index contributed by atoms with van der Waals surface area (Å²) in [6.07, 6.45) is 2.92. The van der Waals surface area contributed by atoms with Gasteiger partial charge < -0.3 is 0 Å². The molecule has 1 aliphatic heterocycles. The Morgan fingerprint density at radius 3 is 2.29 bits per heavy atom. The van der Waals surface area contributed by atoms with Gasteiger partial charge in [-0.25, -0.2) is 9.98 Å². The number of benzene rings is 1. The predicted molar refractivity (Wildman–Crippen MR) is 71.5 cm³/mol. The van der Waals surface area contributed by atoms with Gasteiger partial charge in [0, 0.05) is 0 Å². The number of hydrogen-bond acceptors (Lipinski definition) is 6. The Hall–Kier alpha value is -2.88. The summed E-state index contributed by atoms with van der Waals surface area (Å²) in [7, 11) is 0. The average molecular weight is 322 g/mol. The van der Waals surface area contributed by atoms with Crippen molar-refractivity contribution in [1.82, 2.24) is 0 Å². The smallest absolute Gasteiger partial charge is 0.258 e. The van der Waals surface area contributed by atoms with Gasteiger partial charge in [-0.15, -0.1) is 9.98 Å². The topological polar surface area (TPSA) is 140 Å². The Balaban J connectivity index is 2.99. The van der Waals surface area contributed by atoms with Crippen molar-refractivity contribution in [1.29, 1.82) is 10.5 Å². The van der Waals surface area contributed by atoms with Gasteiger partial charge in [-0.05, 0) is 6.07 Å². The van der Waals surface area contributed by atoms with Gasteiger partial charge in [-0.3, -0.25) is 10.1 Å². The Morgan fingerprint density at radius 2 is 1.76 bits per heavy atom. The number of rotatable bonds is 1. The van der Waals surface area contributed by atoms with E-state index in [2.05, 4.69) is 20.0 Å². The molecule has 1 heterocycles. The lowest BCUT2D eigenvalue weighted by atomic mass is 10.2. The summed E-state index contributed by atoms with van der Waals surface area (Å²) in [6.45, 7) is 0. The van der Waals surface area contributed by atoms with Crippen LogP contribution in [0.3, 0.4) is 0 Å². The van der Waals surface area contributed by atoms with E-state index in [0.717, 1.165) is 0 Å². The molecule has 0 aromatic heterocycles. The molecule has 0 bridgehead atoms. The van der Waals surface area contributed by atoms with E-state index >= 15 is 0 Å². The lowest BCUT2D eigenvalue weighted by molar-refractivity contribution is -0.386. The number of hydrogen-bond donors (Lipinski definition) is 0. The Labute approximate surface area is 126 Å². The molecule has 0 saturated heterocycles. The molecule has 1 aromatic carbocycles. The van der Waals surface area contributed by atoms with Gasteiger partial charge in [0.1, 0.15) is 10.4 Å². The van der Waals surface area contributed by atoms with Crippen LogP contribution in [0.2, 0.25) is 10.0 Å². The lowest BCUT2D eigenvalue weighted by Crippen LogP contribution is -2.36. The Bertz CT molecular complexity index is 921. The van der Waals surface area contributed by atoms with Crippen molar-refractivity contribution in [2.75, 3.05) is 0 Å². The summed E-state index contributed by atoms with van der Waals surface area (Å²) in [4.78, 5) is 24.7. The molecular formula is C10HCl2N7O2. The molecule has 102 valence electrons. The van der Waals surface area contributed by atoms with E-state index in [0.29, 0.717) is 0 Å². The highest BCUT2D eigenvalue weighted by atomic mass is 35.5. The summed E-state index contributed by atoms with van der Waals surface area (Å²) in [5.74, 6) is -0.577. The van der Waals surface area contributed by atoms with Gasteiger partial charge in [0.05, 0.1) is 9.95 Å². The van der Waals surface area contributed by atoms with Crippen molar-refractivity contribution in [3.05, 3.63) is 36.9 Å². The third-order valence-corrected chi connectivity index (χ3v) is 3.06. The molecule has 21 heavy (non-hydrogen) atoms. The maximum Gasteiger partial charge on any atom is 0.317 e. The molecule has 2 rings (SSSR count). The SMILES string of the molecule is N#CN=C1N=c2cc(Cl)c(Cl)c([N+](=O)[O-])c2=NC1=NC#N. The number of nitro benzene ring substituents is 1. The lowest BCUT2D eigenvalue weighted by Gasteiger charge is -2.05. The summed E-state index contributed by atoms with van der Waals surface area (Å²) >= 11 is 11.6. The van der Waals surface area contributed by atoms with E-state index in [1.165, 1.54) is 18.5 Å². The predicted octanol–water partition coefficient (Wildman–Crippen LogP) is 0.914. The number of amidine groups is 2. The first kappa shape index (κ1) is 14.5. The number of fused-ring (bicyclic) bond motifs is 1. The molecule has 0 unspecified atom stereocenters. The van der Waals surface area contributed by atoms with E-state index in [1.807, 2.05) is 0 Å². The molecule has 0 saturated carbocycles. The van der Waals surface area contributed by atoms with Crippen LogP contribution in [-0.4, -0.2) is 16.6 Å². The molecule has 0 spiro atoms. The van der Waals surface area contributed by atoms with Gasteiger partial charge in [-0.1, -0.05) is 23.2 Å². The zero-order valence-electron chi connectivity index (χ0n) is 9.78. The molecule has 0 N–H and O–H groups in total. The quantitative estimate of drug-likeness (QED) is 0.430. The van der Waals surface area contributed by atoms with Crippen LogP contribution >= 0.6 is 23.2 Å². The summed E-state index contributed by atoms with van der Waals surface area (Å²) in [6, 6.07) is 1.24. The number of aliphatic imine (C=N–C) groups is 2. The average Bonchev–Trinajstić information content (AvgIpc) is 2.42. The number of nitriles is 2. The standard InChI is InChI=1S/C10HCl2N7O2/c11-4-1-5-7(8(6(4)12)19(20)21)18-10(16-3-14)9(17-5)15-2-13/h1H. The van der Waals surface area contributed by atoms with Crippen molar-refractivity contribution in [2.24, 2.45) is 20.0 Å². The zero-order chi connectivity index (χ0) is 15.6. The maximum absolute atomic E-state index is 11.1. The highest BCUT2D eigenvalue weighted by Crippen LogP contribution is 2.27. The van der Waals surface area contributed by atoms with Crippen molar-refractivity contribution < 1.29 is 4.92 Å². The minimum absolute atomic E-state index is 0.00184. The monoisotopic (exact) mass is 321 g/mol. The first-order valence-electron chi connectivity index (χ1n) is 5.03. The Kier molecular flexibility index (Phi) is 3.89. The van der Waals surface area contributed by atoms with E-state index in [1.54, 1.807) is 0 Å². The van der Waals surface area contributed by atoms with Crippen molar-refractivity contribution in [3.63, 3.8) is 0 Å². The van der Waals surface area contributed by atoms with Crippen molar-refractivity contribution in [3.8, 4) is 12.4 Å². The molecule has 1 aromatic rings. The van der Waals surface area contributed by atoms with E-state index < -0.39 is 10.6 Å². The molecule has 0 atom stereocenters. The molecule has 0 amide bonds. The van der Waals surface area contributed by atoms with Crippen LogP contribution in [0.15, 0.2) is 26.0 Å². The second-order valence-electron chi connectivity index (χ2n) is 3.44. The minimum Gasteiger partial charge on any atom is -0.258 e. The van der Waals surface area contributed by atoms with Crippen molar-refractivity contribution >= 4 is 40.6 Å². The van der Waals surface area contributed by atoms with Crippen molar-refractivity contribution in [2.45, 2.75) is 0 Å². The number of nitro groups is 1. The van der Waals surface area contributed by atoms with Gasteiger partial charge in [0.25, 0.3) is 0 Å². The number of halogens is 2. The van der Waals surface area contributed by atoms with Crippen LogP contribution in [0, 0.1) is 33.0 Å². The summed E-state index contributed by atoms with van der Waals surface area (Å²) < 4.78 is 0. The fraction of sp³-hybridized carbons (Fsp3) is 0. The number of nitrogens with zero attached hydrogens (tertiary/aromatic N) is 7. The van der Waals surface area contributed by atoms with Crippen LogP contribution in [0.25, 0.3) is 0 Å². The molecule has 9 nitrogen and oxygen atoms in total. The van der Waals surface area contributed by atoms with Crippen LogP contribution in [0.4, 0.5) is 5.69 Å². The molecule has 0 radical (unpaired) electrons. The second kappa shape index (κ2) is 5.63. The largest absolute Gasteiger partial charge is 0.317 e. The van der Waals surface area contributed by atoms with Crippen LogP contribution in [0.5, 0.6) is 0 Å². The van der Waals surface area contributed by atoms with Crippen LogP contribution in [-0.2, 0) is 0 Å². The summed E-state index contributed by atoms with van der Waals surface area (Å²) in [5.41, 5.74) is -0.565. The van der Waals surface area contributed by atoms with E-state index in [4.69, 9.17) is 33.7 Å². The molecule has 11 heteroatoms. The van der Waals surface area contributed by atoms with E-state index in [9.17, 15) is 10.1 Å². The second-order valence-corrected chi connectivity index (χ2v) is 4.23. The van der Waals surface area contributed by atoms with Gasteiger partial charge in [-0.2, -0.15) is 10.5 Å². The first-order chi connectivity index (χ1) is 9.99. The normalized spacial score (nSPS) is 16.4. The highest BCUT2D eigenvalue weighted by Gasteiger charge is 2.24. The van der Waals surface area contributed by atoms with E-state index in [-0.39, 0.29) is 32.4 Å². The maximum atomic E-state index is 11.1. The van der Waals surface area contributed by atoms with Gasteiger partial charge >= 0.3 is 5.69 Å². The van der Waals surface area contributed by atoms with Gasteiger partial charge in [0.2, 0.25) is 24.1 Å². The molecule has 1 aliphatic rings. The third kappa shape index (κ3) is 2.56. The first-order valence-corrected chi connectivity index (χ1v) is 5.79.